The minimum Gasteiger partial charge on any atom is -0.342 e. The van der Waals surface area contributed by atoms with Gasteiger partial charge in [0.15, 0.2) is 0 Å². The Morgan fingerprint density at radius 2 is 1.28 bits per heavy atom. The van der Waals surface area contributed by atoms with Crippen molar-refractivity contribution in [2.45, 2.75) is 124 Å². The highest BCUT2D eigenvalue weighted by Crippen LogP contribution is 2.33. The topological polar surface area (TPSA) is 97.8 Å². The summed E-state index contributed by atoms with van der Waals surface area (Å²) in [4.78, 5) is 33.5. The molecule has 3 atom stereocenters. The predicted octanol–water partition coefficient (Wildman–Crippen LogP) is 6.20. The lowest BCUT2D eigenvalue weighted by molar-refractivity contribution is 0.167. The van der Waals surface area contributed by atoms with Gasteiger partial charge in [0.1, 0.15) is 17.6 Å². The van der Waals surface area contributed by atoms with Crippen LogP contribution in [0, 0.1) is 19.8 Å². The van der Waals surface area contributed by atoms with Gasteiger partial charge in [-0.2, -0.15) is 0 Å². The van der Waals surface area contributed by atoms with E-state index in [-0.39, 0.29) is 0 Å². The number of nitrogens with one attached hydrogen (secondary N) is 1. The third-order valence-corrected chi connectivity index (χ3v) is 16.7. The molecule has 14 nitrogen and oxygen atoms in total. The largest absolute Gasteiger partial charge is 0.342 e. The predicted molar refractivity (Wildman–Crippen MR) is 281 cm³/mol. The van der Waals surface area contributed by atoms with Crippen LogP contribution in [-0.4, -0.2) is 175 Å². The number of pyridine rings is 2. The van der Waals surface area contributed by atoms with Crippen molar-refractivity contribution in [2.75, 3.05) is 100 Å². The molecule has 0 aliphatic carbocycles. The van der Waals surface area contributed by atoms with Gasteiger partial charge >= 0.3 is 0 Å². The number of piperazine rings is 1. The fraction of sp³-hybridized carbons (Fsp3) is 0.636. The first-order valence-electron chi connectivity index (χ1n) is 26.7. The Morgan fingerprint density at radius 3 is 1.96 bits per heavy atom. The molecule has 3 saturated heterocycles. The highest BCUT2D eigenvalue weighted by Gasteiger charge is 2.28. The maximum atomic E-state index is 4.88. The number of likely N-dealkylation sites (tertiary alicyclic amines) is 2. The van der Waals surface area contributed by atoms with Gasteiger partial charge in [-0.15, -0.1) is 0 Å². The Kier molecular flexibility index (Phi) is 14.9. The first kappa shape index (κ1) is 48.4. The van der Waals surface area contributed by atoms with Gasteiger partial charge in [0.05, 0.1) is 11.0 Å². The van der Waals surface area contributed by atoms with E-state index in [0.717, 1.165) is 134 Å². The summed E-state index contributed by atoms with van der Waals surface area (Å²) in [7, 11) is 8.88. The van der Waals surface area contributed by atoms with Crippen LogP contribution in [0.2, 0.25) is 0 Å². The molecule has 3 unspecified atom stereocenters. The maximum Gasteiger partial charge on any atom is 0.143 e. The van der Waals surface area contributed by atoms with Crippen LogP contribution in [0.3, 0.4) is 0 Å². The molecule has 0 bridgehead atoms. The smallest absolute Gasteiger partial charge is 0.143 e. The molecule has 6 aliphatic heterocycles. The summed E-state index contributed by atoms with van der Waals surface area (Å²) >= 11 is 0. The zero-order valence-electron chi connectivity index (χ0n) is 43.5. The molecular weight excluding hydrogens is 857 g/mol. The molecule has 6 aliphatic rings. The summed E-state index contributed by atoms with van der Waals surface area (Å²) in [6, 6.07) is 8.13. The molecule has 0 spiro atoms. The minimum absolute atomic E-state index is 0.628. The van der Waals surface area contributed by atoms with Crippen molar-refractivity contribution >= 4 is 33.1 Å². The fourth-order valence-electron chi connectivity index (χ4n) is 12.7. The van der Waals surface area contributed by atoms with Crippen molar-refractivity contribution in [2.24, 2.45) is 5.92 Å². The summed E-state index contributed by atoms with van der Waals surface area (Å²) in [5.74, 6) is 0.852. The molecule has 0 aromatic carbocycles. The van der Waals surface area contributed by atoms with Crippen LogP contribution in [0.5, 0.6) is 0 Å². The summed E-state index contributed by atoms with van der Waals surface area (Å²) in [6.07, 6.45) is 14.5. The van der Waals surface area contributed by atoms with Gasteiger partial charge < -0.3 is 38.6 Å². The third-order valence-electron chi connectivity index (χ3n) is 16.7. The van der Waals surface area contributed by atoms with Gasteiger partial charge in [0.2, 0.25) is 0 Å². The molecule has 1 N–H and O–H groups in total. The normalized spacial score (nSPS) is 23.0. The number of rotatable bonds is 9. The Bertz CT molecular complexity index is 2710. The van der Waals surface area contributed by atoms with E-state index in [9.17, 15) is 0 Å². The zero-order chi connectivity index (χ0) is 47.8. The molecule has 69 heavy (non-hydrogen) atoms. The highest BCUT2D eigenvalue weighted by atomic mass is 15.2. The quantitative estimate of drug-likeness (QED) is 0.180. The third kappa shape index (κ3) is 10.4. The standard InChI is InChI=1S/C19H29N5.C19H28N4.C17H25N5/c1-14-4-5-18-19(21-14)16-13-22(3)8-6-17(16)24(18)11-10-23-9-7-20-12-15(23)2;1-14-10-16-17-13-22(3)8-6-18(17)23(19(16)20-11-14)9-5-15-4-7-21(2)12-15;1-13-4-3-6-21(13)8-9-22-16-5-7-20(2)11-15(16)14-10-18-12-19-17(14)22/h4-5,15,20H,6-13H2,1-3H3;10-11,15H,4-9,12-13H2,1-3H3;10,12-13H,3-9,11H2,1-2H3. The molecular formula is C55H82N14. The van der Waals surface area contributed by atoms with E-state index in [1.807, 2.05) is 12.4 Å². The van der Waals surface area contributed by atoms with Crippen molar-refractivity contribution in [1.82, 2.24) is 68.4 Å². The Hall–Kier alpha value is -4.28. The molecule has 372 valence electrons. The second kappa shape index (κ2) is 21.2. The van der Waals surface area contributed by atoms with E-state index in [1.54, 1.807) is 12.0 Å². The highest BCUT2D eigenvalue weighted by molar-refractivity contribution is 5.84. The second-order valence-electron chi connectivity index (χ2n) is 22.0. The molecule has 0 saturated carbocycles. The van der Waals surface area contributed by atoms with Crippen LogP contribution < -0.4 is 5.32 Å². The van der Waals surface area contributed by atoms with Crippen LogP contribution in [0.15, 0.2) is 36.9 Å². The first-order valence-corrected chi connectivity index (χ1v) is 26.7. The van der Waals surface area contributed by atoms with Gasteiger partial charge in [-0.3, -0.25) is 14.8 Å². The van der Waals surface area contributed by atoms with Crippen LogP contribution in [0.1, 0.15) is 84.6 Å². The molecule has 12 heterocycles. The SMILES string of the molecule is CC1CCCN1CCn1c2c(c3cncnc31)CN(C)CC2.Cc1ccc2c(n1)c1c(n2CCN2CCNCC2C)CCN(C)C1.Cc1cnc2c(c1)c1c(n2CCC2CCN(C)C2)CCN(C)C1. The van der Waals surface area contributed by atoms with Gasteiger partial charge in [-0.1, -0.05) is 0 Å². The summed E-state index contributed by atoms with van der Waals surface area (Å²) in [5, 5.41) is 6.12. The number of aromatic nitrogens is 7. The lowest BCUT2D eigenvalue weighted by Gasteiger charge is -2.34. The number of hydrogen-bond donors (Lipinski definition) is 1. The van der Waals surface area contributed by atoms with Crippen LogP contribution in [-0.2, 0) is 58.5 Å². The molecule has 0 amide bonds. The maximum absolute atomic E-state index is 4.88. The van der Waals surface area contributed by atoms with Crippen molar-refractivity contribution in [3.63, 3.8) is 0 Å². The van der Waals surface area contributed by atoms with Crippen molar-refractivity contribution in [1.29, 1.82) is 0 Å². The van der Waals surface area contributed by atoms with Crippen molar-refractivity contribution in [3.05, 3.63) is 81.9 Å². The first-order chi connectivity index (χ1) is 33.5. The van der Waals surface area contributed by atoms with Crippen LogP contribution in [0.25, 0.3) is 33.1 Å². The van der Waals surface area contributed by atoms with Crippen LogP contribution in [0.4, 0.5) is 0 Å². The number of nitrogens with zero attached hydrogens (tertiary/aromatic N) is 13. The molecule has 12 rings (SSSR count). The summed E-state index contributed by atoms with van der Waals surface area (Å²) in [5.41, 5.74) is 16.2. The van der Waals surface area contributed by atoms with E-state index in [1.165, 1.54) is 106 Å². The number of hydrogen-bond acceptors (Lipinski definition) is 11. The van der Waals surface area contributed by atoms with Crippen molar-refractivity contribution in [3.8, 4) is 0 Å². The van der Waals surface area contributed by atoms with E-state index in [2.05, 4.69) is 132 Å². The van der Waals surface area contributed by atoms with E-state index in [4.69, 9.17) is 9.97 Å². The molecule has 0 radical (unpaired) electrons. The zero-order valence-corrected chi connectivity index (χ0v) is 43.5. The molecule has 6 aromatic rings. The average molecular weight is 939 g/mol. The lowest BCUT2D eigenvalue weighted by Crippen LogP contribution is -2.50. The summed E-state index contributed by atoms with van der Waals surface area (Å²) in [6.45, 7) is 28.1. The van der Waals surface area contributed by atoms with E-state index in [0.29, 0.717) is 6.04 Å². The van der Waals surface area contributed by atoms with Gasteiger partial charge in [-0.25, -0.2) is 15.0 Å². The average Bonchev–Trinajstić information content (AvgIpc) is 4.16. The lowest BCUT2D eigenvalue weighted by atomic mass is 10.0. The molecule has 14 heteroatoms. The number of likely N-dealkylation sites (N-methyl/N-ethyl adjacent to an activating group) is 3. The molecule has 6 aromatic heterocycles. The van der Waals surface area contributed by atoms with E-state index >= 15 is 0 Å². The van der Waals surface area contributed by atoms with Crippen LogP contribution >= 0.6 is 0 Å². The number of fused-ring (bicyclic) bond motifs is 9. The Balaban J connectivity index is 0.000000120. The monoisotopic (exact) mass is 939 g/mol. The Labute approximate surface area is 412 Å². The summed E-state index contributed by atoms with van der Waals surface area (Å²) < 4.78 is 7.55. The van der Waals surface area contributed by atoms with Gasteiger partial charge in [0, 0.05) is 181 Å². The fourth-order valence-corrected chi connectivity index (χ4v) is 12.7. The van der Waals surface area contributed by atoms with Crippen molar-refractivity contribution < 1.29 is 0 Å². The number of aryl methyl sites for hydroxylation is 3. The van der Waals surface area contributed by atoms with E-state index < -0.39 is 0 Å². The molecule has 3 fully saturated rings. The Morgan fingerprint density at radius 1 is 0.623 bits per heavy atom. The second-order valence-corrected chi connectivity index (χ2v) is 22.0. The minimum atomic E-state index is 0.628. The van der Waals surface area contributed by atoms with Gasteiger partial charge in [0.25, 0.3) is 0 Å². The van der Waals surface area contributed by atoms with Gasteiger partial charge in [-0.05, 0) is 135 Å².